The Morgan fingerprint density at radius 3 is 2.62 bits per heavy atom. The van der Waals surface area contributed by atoms with E-state index in [9.17, 15) is 4.79 Å². The molecule has 3 aromatic rings. The van der Waals surface area contributed by atoms with Crippen molar-refractivity contribution in [1.82, 2.24) is 19.2 Å². The summed E-state index contributed by atoms with van der Waals surface area (Å²) < 4.78 is 1.91. The number of aryl methyl sites for hydroxylation is 1. The predicted octanol–water partition coefficient (Wildman–Crippen LogP) is 2.64. The van der Waals surface area contributed by atoms with E-state index in [0.29, 0.717) is 5.69 Å². The highest BCUT2D eigenvalue weighted by Crippen LogP contribution is 2.12. The second-order valence-corrected chi connectivity index (χ2v) is 6.97. The summed E-state index contributed by atoms with van der Waals surface area (Å²) in [7, 11) is 0. The van der Waals surface area contributed by atoms with Gasteiger partial charge in [0.05, 0.1) is 0 Å². The zero-order chi connectivity index (χ0) is 17.9. The van der Waals surface area contributed by atoms with Crippen molar-refractivity contribution in [2.24, 2.45) is 0 Å². The van der Waals surface area contributed by atoms with Crippen LogP contribution >= 0.6 is 0 Å². The lowest BCUT2D eigenvalue weighted by Gasteiger charge is -2.34. The van der Waals surface area contributed by atoms with Crippen LogP contribution < -0.4 is 0 Å². The molecule has 5 nitrogen and oxygen atoms in total. The lowest BCUT2D eigenvalue weighted by Crippen LogP contribution is -2.49. The van der Waals surface area contributed by atoms with Gasteiger partial charge in [0.2, 0.25) is 0 Å². The van der Waals surface area contributed by atoms with Gasteiger partial charge in [-0.2, -0.15) is 0 Å². The molecule has 3 heterocycles. The fourth-order valence-electron chi connectivity index (χ4n) is 3.46. The first-order valence-corrected chi connectivity index (χ1v) is 9.20. The molecule has 0 radical (unpaired) electrons. The number of amides is 1. The fraction of sp³-hybridized carbons (Fsp3) is 0.333. The van der Waals surface area contributed by atoms with E-state index in [0.717, 1.165) is 50.4 Å². The molecule has 26 heavy (non-hydrogen) atoms. The highest BCUT2D eigenvalue weighted by Gasteiger charge is 2.23. The van der Waals surface area contributed by atoms with Crippen LogP contribution in [0.3, 0.4) is 0 Å². The molecule has 1 aliphatic heterocycles. The van der Waals surface area contributed by atoms with Crippen LogP contribution in [-0.4, -0.2) is 57.8 Å². The largest absolute Gasteiger partial charge is 0.335 e. The maximum Gasteiger partial charge on any atom is 0.274 e. The molecule has 1 aromatic carbocycles. The zero-order valence-corrected chi connectivity index (χ0v) is 15.1. The Bertz CT molecular complexity index is 895. The Kier molecular flexibility index (Phi) is 4.71. The highest BCUT2D eigenvalue weighted by atomic mass is 16.2. The van der Waals surface area contributed by atoms with Crippen LogP contribution in [0.25, 0.3) is 5.65 Å². The number of fused-ring (bicyclic) bond motifs is 1. The van der Waals surface area contributed by atoms with Crippen molar-refractivity contribution >= 4 is 11.6 Å². The first-order valence-electron chi connectivity index (χ1n) is 9.20. The van der Waals surface area contributed by atoms with Crippen LogP contribution in [0.5, 0.6) is 0 Å². The van der Waals surface area contributed by atoms with Gasteiger partial charge >= 0.3 is 0 Å². The van der Waals surface area contributed by atoms with E-state index in [1.54, 1.807) is 0 Å². The third-order valence-corrected chi connectivity index (χ3v) is 5.05. The van der Waals surface area contributed by atoms with Crippen molar-refractivity contribution in [3.63, 3.8) is 0 Å². The van der Waals surface area contributed by atoms with Crippen LogP contribution in [0.2, 0.25) is 0 Å². The molecule has 1 amide bonds. The van der Waals surface area contributed by atoms with Crippen LogP contribution in [0.15, 0.2) is 54.9 Å². The topological polar surface area (TPSA) is 40.9 Å². The van der Waals surface area contributed by atoms with E-state index in [-0.39, 0.29) is 5.91 Å². The summed E-state index contributed by atoms with van der Waals surface area (Å²) in [5.74, 6) is 0.0362. The summed E-state index contributed by atoms with van der Waals surface area (Å²) in [5.41, 5.74) is 3.88. The van der Waals surface area contributed by atoms with Crippen LogP contribution in [-0.2, 0) is 6.42 Å². The van der Waals surface area contributed by atoms with Crippen LogP contribution in [0.4, 0.5) is 0 Å². The Morgan fingerprint density at radius 2 is 1.85 bits per heavy atom. The highest BCUT2D eigenvalue weighted by molar-refractivity contribution is 5.93. The molecule has 5 heteroatoms. The van der Waals surface area contributed by atoms with E-state index in [1.165, 1.54) is 5.56 Å². The Balaban J connectivity index is 1.34. The number of imidazole rings is 1. The lowest BCUT2D eigenvalue weighted by molar-refractivity contribution is 0.0633. The van der Waals surface area contributed by atoms with Crippen LogP contribution in [0.1, 0.15) is 21.6 Å². The molecular weight excluding hydrogens is 324 g/mol. The van der Waals surface area contributed by atoms with E-state index in [4.69, 9.17) is 0 Å². The third-order valence-electron chi connectivity index (χ3n) is 5.05. The number of hydrogen-bond acceptors (Lipinski definition) is 3. The summed E-state index contributed by atoms with van der Waals surface area (Å²) >= 11 is 0. The summed E-state index contributed by atoms with van der Waals surface area (Å²) in [6.45, 7) is 6.45. The number of pyridine rings is 1. The number of carbonyl (C=O) groups is 1. The summed E-state index contributed by atoms with van der Waals surface area (Å²) in [5, 5.41) is 0. The Hall–Kier alpha value is -2.66. The fourth-order valence-corrected chi connectivity index (χ4v) is 3.46. The number of carbonyl (C=O) groups excluding carboxylic acids is 1. The van der Waals surface area contributed by atoms with Crippen molar-refractivity contribution in [3.05, 3.63) is 71.7 Å². The summed E-state index contributed by atoms with van der Waals surface area (Å²) in [6.07, 6.45) is 4.84. The minimum atomic E-state index is 0.0362. The molecule has 0 N–H and O–H groups in total. The molecule has 0 unspecified atom stereocenters. The normalized spacial score (nSPS) is 15.5. The van der Waals surface area contributed by atoms with Gasteiger partial charge in [-0.3, -0.25) is 9.69 Å². The van der Waals surface area contributed by atoms with Gasteiger partial charge in [0, 0.05) is 45.1 Å². The molecule has 1 aliphatic rings. The van der Waals surface area contributed by atoms with E-state index < -0.39 is 0 Å². The maximum atomic E-state index is 12.8. The van der Waals surface area contributed by atoms with Crippen molar-refractivity contribution < 1.29 is 4.79 Å². The second-order valence-electron chi connectivity index (χ2n) is 6.97. The van der Waals surface area contributed by atoms with Gasteiger partial charge in [0.15, 0.2) is 0 Å². The number of nitrogens with zero attached hydrogens (tertiary/aromatic N) is 4. The number of piperazine rings is 1. The standard InChI is InChI=1S/C21H24N4O/c1-17-7-10-25-16-19(22-20(25)15-17)21(26)24-13-11-23(12-14-24)9-8-18-5-3-2-4-6-18/h2-7,10,15-16H,8-9,11-14H2,1H3. The molecule has 0 atom stereocenters. The summed E-state index contributed by atoms with van der Waals surface area (Å²) in [6, 6.07) is 14.6. The molecule has 2 aromatic heterocycles. The number of benzene rings is 1. The predicted molar refractivity (Wildman–Crippen MR) is 102 cm³/mol. The van der Waals surface area contributed by atoms with Crippen molar-refractivity contribution in [2.45, 2.75) is 13.3 Å². The third kappa shape index (κ3) is 3.63. The van der Waals surface area contributed by atoms with Crippen molar-refractivity contribution in [1.29, 1.82) is 0 Å². The van der Waals surface area contributed by atoms with Gasteiger partial charge < -0.3 is 9.30 Å². The van der Waals surface area contributed by atoms with Gasteiger partial charge in [-0.1, -0.05) is 30.3 Å². The van der Waals surface area contributed by atoms with Gasteiger partial charge in [0.25, 0.3) is 5.91 Å². The molecule has 0 saturated carbocycles. The van der Waals surface area contributed by atoms with E-state index in [1.807, 2.05) is 40.8 Å². The average Bonchev–Trinajstić information content (AvgIpc) is 3.10. The SMILES string of the molecule is Cc1ccn2cc(C(=O)N3CCN(CCc4ccccc4)CC3)nc2c1. The number of aromatic nitrogens is 2. The quantitative estimate of drug-likeness (QED) is 0.728. The zero-order valence-electron chi connectivity index (χ0n) is 15.1. The molecule has 0 bridgehead atoms. The molecule has 4 rings (SSSR count). The van der Waals surface area contributed by atoms with Gasteiger partial charge in [0.1, 0.15) is 11.3 Å². The minimum Gasteiger partial charge on any atom is -0.335 e. The Morgan fingerprint density at radius 1 is 1.08 bits per heavy atom. The molecular formula is C21H24N4O. The number of rotatable bonds is 4. The maximum absolute atomic E-state index is 12.8. The van der Waals surface area contributed by atoms with Gasteiger partial charge in [-0.15, -0.1) is 0 Å². The first-order chi connectivity index (χ1) is 12.7. The van der Waals surface area contributed by atoms with Gasteiger partial charge in [-0.05, 0) is 36.6 Å². The van der Waals surface area contributed by atoms with E-state index >= 15 is 0 Å². The Labute approximate surface area is 153 Å². The molecule has 1 fully saturated rings. The van der Waals surface area contributed by atoms with Crippen molar-refractivity contribution in [2.75, 3.05) is 32.7 Å². The van der Waals surface area contributed by atoms with E-state index in [2.05, 4.69) is 40.2 Å². The average molecular weight is 348 g/mol. The monoisotopic (exact) mass is 348 g/mol. The lowest BCUT2D eigenvalue weighted by atomic mass is 10.1. The molecule has 1 saturated heterocycles. The minimum absolute atomic E-state index is 0.0362. The summed E-state index contributed by atoms with van der Waals surface area (Å²) in [4.78, 5) is 21.6. The smallest absolute Gasteiger partial charge is 0.274 e. The van der Waals surface area contributed by atoms with Gasteiger partial charge in [-0.25, -0.2) is 4.98 Å². The van der Waals surface area contributed by atoms with Crippen molar-refractivity contribution in [3.8, 4) is 0 Å². The first kappa shape index (κ1) is 16.8. The molecule has 134 valence electrons. The van der Waals surface area contributed by atoms with Crippen LogP contribution in [0, 0.1) is 6.92 Å². The number of hydrogen-bond donors (Lipinski definition) is 0. The molecule has 0 spiro atoms. The second kappa shape index (κ2) is 7.30. The molecule has 0 aliphatic carbocycles.